The van der Waals surface area contributed by atoms with E-state index >= 15 is 0 Å². The van der Waals surface area contributed by atoms with Crippen LogP contribution >= 0.6 is 0 Å². The van der Waals surface area contributed by atoms with Crippen molar-refractivity contribution in [1.82, 2.24) is 5.32 Å². The second-order valence-electron chi connectivity index (χ2n) is 5.40. The van der Waals surface area contributed by atoms with Crippen LogP contribution in [0.3, 0.4) is 0 Å². The molecule has 2 saturated heterocycles. The molecular weight excluding hydrogens is 301 g/mol. The minimum atomic E-state index is -3.96. The molecule has 5 nitrogen and oxygen atoms in total. The van der Waals surface area contributed by atoms with E-state index in [1.54, 1.807) is 0 Å². The van der Waals surface area contributed by atoms with Gasteiger partial charge in [0.15, 0.2) is 0 Å². The lowest BCUT2D eigenvalue weighted by Crippen LogP contribution is -2.66. The van der Waals surface area contributed by atoms with Gasteiger partial charge in [0.25, 0.3) is 0 Å². The van der Waals surface area contributed by atoms with Gasteiger partial charge in [-0.15, -0.1) is 0 Å². The van der Waals surface area contributed by atoms with E-state index in [4.69, 9.17) is 9.47 Å². The molecule has 1 aromatic rings. The molecule has 1 N–H and O–H groups in total. The Hall–Kier alpha value is -1.64. The molecule has 0 radical (unpaired) electrons. The Morgan fingerprint density at radius 3 is 2.68 bits per heavy atom. The molecule has 3 rings (SSSR count). The van der Waals surface area contributed by atoms with Crippen molar-refractivity contribution < 1.29 is 27.4 Å². The number of nitrogens with zero attached hydrogens (tertiary/aromatic N) is 1. The van der Waals surface area contributed by atoms with E-state index in [0.717, 1.165) is 17.0 Å². The molecule has 1 spiro atoms. The maximum atomic E-state index is 14.0. The van der Waals surface area contributed by atoms with Crippen LogP contribution in [0.2, 0.25) is 0 Å². The van der Waals surface area contributed by atoms with Gasteiger partial charge in [0.1, 0.15) is 11.4 Å². The number of anilines is 1. The van der Waals surface area contributed by atoms with Gasteiger partial charge in [-0.2, -0.15) is 8.78 Å². The number of hydrogen-bond acceptors (Lipinski definition) is 4. The Morgan fingerprint density at radius 1 is 1.23 bits per heavy atom. The number of rotatable bonds is 1. The summed E-state index contributed by atoms with van der Waals surface area (Å²) in [5.74, 6) is -1.97. The fourth-order valence-electron chi connectivity index (χ4n) is 2.63. The SMILES string of the molecule is O=C1N(c2ccc(F)cc2)CC2(CNCCOC2)OC1(F)F. The van der Waals surface area contributed by atoms with Gasteiger partial charge in [-0.1, -0.05) is 0 Å². The van der Waals surface area contributed by atoms with Gasteiger partial charge < -0.3 is 19.7 Å². The molecule has 2 aliphatic rings. The molecule has 1 amide bonds. The van der Waals surface area contributed by atoms with Crippen LogP contribution in [0.25, 0.3) is 0 Å². The Bertz CT molecular complexity index is 557. The molecule has 0 saturated carbocycles. The third-order valence-corrected chi connectivity index (χ3v) is 3.66. The topological polar surface area (TPSA) is 50.8 Å². The van der Waals surface area contributed by atoms with Crippen molar-refractivity contribution in [3.05, 3.63) is 30.1 Å². The zero-order chi connectivity index (χ0) is 15.8. The van der Waals surface area contributed by atoms with Crippen molar-refractivity contribution in [3.63, 3.8) is 0 Å². The van der Waals surface area contributed by atoms with E-state index in [2.05, 4.69) is 5.32 Å². The average molecular weight is 316 g/mol. The fourth-order valence-corrected chi connectivity index (χ4v) is 2.63. The van der Waals surface area contributed by atoms with Gasteiger partial charge in [-0.3, -0.25) is 4.79 Å². The van der Waals surface area contributed by atoms with Crippen LogP contribution in [0, 0.1) is 5.82 Å². The molecule has 22 heavy (non-hydrogen) atoms. The maximum Gasteiger partial charge on any atom is 0.437 e. The predicted octanol–water partition coefficient (Wildman–Crippen LogP) is 1.14. The monoisotopic (exact) mass is 316 g/mol. The highest BCUT2D eigenvalue weighted by atomic mass is 19.3. The zero-order valence-corrected chi connectivity index (χ0v) is 11.7. The number of amides is 1. The van der Waals surface area contributed by atoms with Crippen molar-refractivity contribution in [2.75, 3.05) is 37.7 Å². The Kier molecular flexibility index (Phi) is 3.84. The van der Waals surface area contributed by atoms with Crippen molar-refractivity contribution in [2.45, 2.75) is 11.7 Å². The van der Waals surface area contributed by atoms with Gasteiger partial charge in [-0.05, 0) is 24.3 Å². The number of nitrogens with one attached hydrogen (secondary N) is 1. The number of morpholine rings is 1. The Morgan fingerprint density at radius 2 is 1.95 bits per heavy atom. The quantitative estimate of drug-likeness (QED) is 0.844. The summed E-state index contributed by atoms with van der Waals surface area (Å²) in [5, 5.41) is 2.96. The standard InChI is InChI=1S/C14H15F3N2O3/c15-10-1-3-11(4-2-10)19-8-13(7-18-5-6-21-9-13)22-14(16,17)12(19)20/h1-4,18H,5-9H2. The number of hydrogen-bond donors (Lipinski definition) is 1. The minimum absolute atomic E-state index is 0.0550. The maximum absolute atomic E-state index is 14.0. The summed E-state index contributed by atoms with van der Waals surface area (Å²) in [4.78, 5) is 12.9. The molecule has 120 valence electrons. The molecule has 0 aromatic heterocycles. The summed E-state index contributed by atoms with van der Waals surface area (Å²) in [6.07, 6.45) is -3.96. The summed E-state index contributed by atoms with van der Waals surface area (Å²) in [6.45, 7) is 0.872. The molecule has 0 aliphatic carbocycles. The number of ether oxygens (including phenoxy) is 2. The minimum Gasteiger partial charge on any atom is -0.377 e. The average Bonchev–Trinajstić information content (AvgIpc) is 2.69. The smallest absolute Gasteiger partial charge is 0.377 e. The van der Waals surface area contributed by atoms with Gasteiger partial charge in [0.05, 0.1) is 19.8 Å². The van der Waals surface area contributed by atoms with Crippen LogP contribution in [0.4, 0.5) is 18.9 Å². The highest BCUT2D eigenvalue weighted by Crippen LogP contribution is 2.35. The third kappa shape index (κ3) is 2.81. The molecule has 1 unspecified atom stereocenters. The lowest BCUT2D eigenvalue weighted by molar-refractivity contribution is -0.291. The second-order valence-corrected chi connectivity index (χ2v) is 5.40. The molecule has 1 atom stereocenters. The van der Waals surface area contributed by atoms with Crippen LogP contribution in [0.1, 0.15) is 0 Å². The van der Waals surface area contributed by atoms with Gasteiger partial charge >= 0.3 is 12.0 Å². The zero-order valence-electron chi connectivity index (χ0n) is 11.7. The summed E-state index contributed by atoms with van der Waals surface area (Å²) in [5.41, 5.74) is -1.15. The number of carbonyl (C=O) groups is 1. The summed E-state index contributed by atoms with van der Waals surface area (Å²) >= 11 is 0. The van der Waals surface area contributed by atoms with Crippen LogP contribution in [0.15, 0.2) is 24.3 Å². The highest BCUT2D eigenvalue weighted by molar-refractivity contribution is 5.98. The first-order valence-electron chi connectivity index (χ1n) is 6.86. The van der Waals surface area contributed by atoms with Gasteiger partial charge in [-0.25, -0.2) is 4.39 Å². The van der Waals surface area contributed by atoms with Crippen LogP contribution < -0.4 is 10.2 Å². The lowest BCUT2D eigenvalue weighted by Gasteiger charge is -2.44. The van der Waals surface area contributed by atoms with Crippen LogP contribution in [-0.2, 0) is 14.3 Å². The van der Waals surface area contributed by atoms with Gasteiger partial charge in [0, 0.05) is 18.8 Å². The van der Waals surface area contributed by atoms with Crippen LogP contribution in [0.5, 0.6) is 0 Å². The van der Waals surface area contributed by atoms with E-state index in [9.17, 15) is 18.0 Å². The number of alkyl halides is 2. The number of carbonyl (C=O) groups excluding carboxylic acids is 1. The normalized spacial score (nSPS) is 28.7. The van der Waals surface area contributed by atoms with E-state index in [0.29, 0.717) is 13.2 Å². The Balaban J connectivity index is 1.94. The molecular formula is C14H15F3N2O3. The molecule has 0 bridgehead atoms. The molecule has 1 aromatic carbocycles. The molecule has 2 aliphatic heterocycles. The number of benzene rings is 1. The van der Waals surface area contributed by atoms with E-state index in [1.165, 1.54) is 12.1 Å². The third-order valence-electron chi connectivity index (χ3n) is 3.66. The van der Waals surface area contributed by atoms with Gasteiger partial charge in [0.2, 0.25) is 0 Å². The van der Waals surface area contributed by atoms with E-state index in [-0.39, 0.29) is 25.4 Å². The Labute approximate surface area is 125 Å². The largest absolute Gasteiger partial charge is 0.437 e. The van der Waals surface area contributed by atoms with E-state index < -0.39 is 23.4 Å². The first-order chi connectivity index (χ1) is 10.4. The summed E-state index contributed by atoms with van der Waals surface area (Å²) in [7, 11) is 0. The fraction of sp³-hybridized carbons (Fsp3) is 0.500. The number of halogens is 3. The molecule has 2 heterocycles. The van der Waals surface area contributed by atoms with E-state index in [1.807, 2.05) is 0 Å². The highest BCUT2D eigenvalue weighted by Gasteiger charge is 2.57. The van der Waals surface area contributed by atoms with Crippen molar-refractivity contribution >= 4 is 11.6 Å². The first-order valence-corrected chi connectivity index (χ1v) is 6.86. The lowest BCUT2D eigenvalue weighted by atomic mass is 10.0. The van der Waals surface area contributed by atoms with Crippen LogP contribution in [-0.4, -0.2) is 50.5 Å². The first kappa shape index (κ1) is 15.3. The predicted molar refractivity (Wildman–Crippen MR) is 71.2 cm³/mol. The second kappa shape index (κ2) is 5.53. The summed E-state index contributed by atoms with van der Waals surface area (Å²) in [6, 6.07) is 4.80. The van der Waals surface area contributed by atoms with Crippen molar-refractivity contribution in [2.24, 2.45) is 0 Å². The molecule has 2 fully saturated rings. The van der Waals surface area contributed by atoms with Crippen molar-refractivity contribution in [3.8, 4) is 0 Å². The summed E-state index contributed by atoms with van der Waals surface area (Å²) < 4.78 is 51.1. The van der Waals surface area contributed by atoms with Crippen molar-refractivity contribution in [1.29, 1.82) is 0 Å². The molecule has 8 heteroatoms.